The number of carbonyl (C=O) groups is 2. The van der Waals surface area contributed by atoms with Gasteiger partial charge in [0.25, 0.3) is 0 Å². The first-order valence-corrected chi connectivity index (χ1v) is 14.6. The van der Waals surface area contributed by atoms with Gasteiger partial charge in [-0.05, 0) is 34.4 Å². The number of fused-ring (bicyclic) bond motifs is 6. The zero-order chi connectivity index (χ0) is 29.8. The standard InChI is InChI=1S/C15H11BrO2.C13H8N2.C2H3BrO2.C2H3N/c16-9-14(17)18-15-12-7-3-1-5-10(12)11-6-2-4-8-13(11)15;14-15-13-11-7-3-1-5-9(11)10-6-2-4-8-12(10)13;3-1-2(4)5;1-2-3/h1-8,15H,9H2;1-8H;1H2,(H,4,5);1H3. The highest BCUT2D eigenvalue weighted by molar-refractivity contribution is 9.09. The first-order chi connectivity index (χ1) is 19.9. The second-order valence-corrected chi connectivity index (χ2v) is 9.59. The number of nitrogens with zero attached hydrogens (tertiary/aromatic N) is 3. The minimum absolute atomic E-state index is 0.0347. The molecular formula is C32H25Br2N3O4. The lowest BCUT2D eigenvalue weighted by atomic mass is 10.1. The predicted octanol–water partition coefficient (Wildman–Crippen LogP) is 7.42. The molecule has 0 aromatic heterocycles. The lowest BCUT2D eigenvalue weighted by molar-refractivity contribution is -0.144. The molecule has 0 unspecified atom stereocenters. The van der Waals surface area contributed by atoms with Crippen LogP contribution >= 0.6 is 31.9 Å². The summed E-state index contributed by atoms with van der Waals surface area (Å²) >= 11 is 5.84. The average molecular weight is 675 g/mol. The molecule has 0 radical (unpaired) electrons. The predicted molar refractivity (Wildman–Crippen MR) is 165 cm³/mol. The molecule has 0 aliphatic heterocycles. The van der Waals surface area contributed by atoms with E-state index in [1.807, 2.05) is 84.9 Å². The quantitative estimate of drug-likeness (QED) is 0.0923. The number of carbonyl (C=O) groups excluding carboxylic acids is 1. The molecule has 0 amide bonds. The van der Waals surface area contributed by atoms with Gasteiger partial charge in [0.1, 0.15) is 10.7 Å². The van der Waals surface area contributed by atoms with Gasteiger partial charge < -0.3 is 15.4 Å². The summed E-state index contributed by atoms with van der Waals surface area (Å²) in [4.78, 5) is 24.2. The SMILES string of the molecule is CC#N.O=C(CBr)OC1c2ccccc2-c2ccccc21.O=C(O)CBr.[N-]=[N+]=C1c2ccccc2-c2ccccc21. The van der Waals surface area contributed by atoms with Crippen molar-refractivity contribution in [2.75, 3.05) is 10.7 Å². The minimum atomic E-state index is -0.829. The van der Waals surface area contributed by atoms with Crippen LogP contribution in [0, 0.1) is 11.3 Å². The smallest absolute Gasteiger partial charge is 0.330 e. The van der Waals surface area contributed by atoms with Gasteiger partial charge >= 0.3 is 17.7 Å². The summed E-state index contributed by atoms with van der Waals surface area (Å²) in [6, 6.07) is 33.8. The van der Waals surface area contributed by atoms with Crippen LogP contribution in [0.1, 0.15) is 35.3 Å². The number of carboxylic acids is 1. The molecule has 4 aromatic carbocycles. The van der Waals surface area contributed by atoms with Gasteiger partial charge in [0.15, 0.2) is 6.10 Å². The van der Waals surface area contributed by atoms with E-state index in [1.54, 1.807) is 6.07 Å². The third kappa shape index (κ3) is 7.44. The van der Waals surface area contributed by atoms with Crippen molar-refractivity contribution in [2.24, 2.45) is 0 Å². The molecule has 0 atom stereocenters. The van der Waals surface area contributed by atoms with E-state index in [0.717, 1.165) is 44.5 Å². The number of esters is 1. The lowest BCUT2D eigenvalue weighted by Gasteiger charge is -2.13. The van der Waals surface area contributed by atoms with Crippen molar-refractivity contribution in [1.29, 1.82) is 5.26 Å². The number of halogens is 2. The molecule has 0 bridgehead atoms. The van der Waals surface area contributed by atoms with Crippen LogP contribution in [-0.4, -0.2) is 38.2 Å². The summed E-state index contributed by atoms with van der Waals surface area (Å²) in [7, 11) is 0. The molecule has 0 fully saturated rings. The molecule has 0 saturated carbocycles. The number of benzene rings is 4. The van der Waals surface area contributed by atoms with E-state index in [-0.39, 0.29) is 22.7 Å². The summed E-state index contributed by atoms with van der Waals surface area (Å²) in [6.45, 7) is 1.43. The summed E-state index contributed by atoms with van der Waals surface area (Å²) in [5.41, 5.74) is 18.4. The molecule has 2 aliphatic carbocycles. The molecule has 0 saturated heterocycles. The lowest BCUT2D eigenvalue weighted by Crippen LogP contribution is -2.11. The Morgan fingerprint density at radius 3 is 1.46 bits per heavy atom. The van der Waals surface area contributed by atoms with Crippen LogP contribution in [0.2, 0.25) is 0 Å². The van der Waals surface area contributed by atoms with E-state index in [4.69, 9.17) is 20.6 Å². The first kappa shape index (κ1) is 31.2. The van der Waals surface area contributed by atoms with Crippen LogP contribution in [0.15, 0.2) is 97.1 Å². The highest BCUT2D eigenvalue weighted by Crippen LogP contribution is 2.45. The molecule has 206 valence electrons. The highest BCUT2D eigenvalue weighted by atomic mass is 79.9. The number of rotatable bonds is 3. The van der Waals surface area contributed by atoms with Crippen molar-refractivity contribution in [1.82, 2.24) is 0 Å². The number of hydrogen-bond donors (Lipinski definition) is 1. The van der Waals surface area contributed by atoms with Gasteiger partial charge in [0.2, 0.25) is 0 Å². The average Bonchev–Trinajstić information content (AvgIpc) is 3.51. The first-order valence-electron chi connectivity index (χ1n) is 12.3. The summed E-state index contributed by atoms with van der Waals surface area (Å²) in [5.74, 6) is -1.07. The molecule has 41 heavy (non-hydrogen) atoms. The topological polar surface area (TPSA) is 124 Å². The maximum atomic E-state index is 11.5. The maximum Gasteiger partial charge on any atom is 0.330 e. The number of ether oxygens (including phenoxy) is 1. The Balaban J connectivity index is 0.000000181. The molecule has 0 spiro atoms. The molecule has 4 aromatic rings. The fraction of sp³-hybridized carbons (Fsp3) is 0.125. The van der Waals surface area contributed by atoms with Crippen molar-refractivity contribution in [2.45, 2.75) is 13.0 Å². The maximum absolute atomic E-state index is 11.5. The van der Waals surface area contributed by atoms with Gasteiger partial charge in [-0.1, -0.05) is 117 Å². The van der Waals surface area contributed by atoms with Gasteiger partial charge in [0, 0.05) is 18.1 Å². The van der Waals surface area contributed by atoms with Crippen molar-refractivity contribution in [3.63, 3.8) is 0 Å². The van der Waals surface area contributed by atoms with E-state index in [9.17, 15) is 9.59 Å². The van der Waals surface area contributed by atoms with E-state index in [1.165, 1.54) is 6.92 Å². The van der Waals surface area contributed by atoms with Gasteiger partial charge in [0.05, 0.1) is 17.2 Å². The molecule has 6 rings (SSSR count). The largest absolute Gasteiger partial charge is 0.481 e. The van der Waals surface area contributed by atoms with Gasteiger partial charge in [-0.25, -0.2) is 0 Å². The summed E-state index contributed by atoms with van der Waals surface area (Å²) in [5, 5.41) is 15.2. The number of alkyl halides is 2. The van der Waals surface area contributed by atoms with Crippen LogP contribution in [0.3, 0.4) is 0 Å². The van der Waals surface area contributed by atoms with E-state index in [0.29, 0.717) is 5.71 Å². The fourth-order valence-electron chi connectivity index (χ4n) is 4.50. The van der Waals surface area contributed by atoms with E-state index < -0.39 is 5.97 Å². The Morgan fingerprint density at radius 1 is 0.780 bits per heavy atom. The van der Waals surface area contributed by atoms with Gasteiger partial charge in [-0.3, -0.25) is 9.59 Å². The second-order valence-electron chi connectivity index (χ2n) is 8.47. The Hall–Kier alpha value is -4.35. The molecule has 0 heterocycles. The summed E-state index contributed by atoms with van der Waals surface area (Å²) in [6.07, 6.45) is -0.276. The van der Waals surface area contributed by atoms with Crippen LogP contribution < -0.4 is 0 Å². The van der Waals surface area contributed by atoms with Crippen molar-refractivity contribution < 1.29 is 24.2 Å². The number of aliphatic carboxylic acids is 1. The number of hydrogen-bond acceptors (Lipinski definition) is 4. The van der Waals surface area contributed by atoms with Crippen molar-refractivity contribution in [3.05, 3.63) is 125 Å². The molecule has 1 N–H and O–H groups in total. The molecule has 9 heteroatoms. The van der Waals surface area contributed by atoms with Crippen molar-refractivity contribution in [3.8, 4) is 28.3 Å². The number of nitriles is 1. The van der Waals surface area contributed by atoms with Crippen molar-refractivity contribution >= 4 is 49.5 Å². The Kier molecular flexibility index (Phi) is 11.7. The van der Waals surface area contributed by atoms with Crippen LogP contribution in [0.4, 0.5) is 0 Å². The van der Waals surface area contributed by atoms with Gasteiger partial charge in [-0.2, -0.15) is 10.1 Å². The number of carboxylic acid groups (broad SMARTS) is 1. The highest BCUT2D eigenvalue weighted by Gasteiger charge is 2.31. The Bertz CT molecular complexity index is 1550. The fourth-order valence-corrected chi connectivity index (χ4v) is 4.63. The monoisotopic (exact) mass is 673 g/mol. The third-order valence-electron chi connectivity index (χ3n) is 6.00. The Morgan fingerprint density at radius 2 is 1.12 bits per heavy atom. The second kappa shape index (κ2) is 15.4. The van der Waals surface area contributed by atoms with Crippen LogP contribution in [-0.2, 0) is 14.3 Å². The summed E-state index contributed by atoms with van der Waals surface area (Å²) < 4.78 is 5.53. The zero-order valence-corrected chi connectivity index (χ0v) is 25.2. The molecular weight excluding hydrogens is 650 g/mol. The normalized spacial score (nSPS) is 11.1. The Labute approximate surface area is 254 Å². The van der Waals surface area contributed by atoms with Crippen LogP contribution in [0.25, 0.3) is 27.8 Å². The zero-order valence-electron chi connectivity index (χ0n) is 22.0. The van der Waals surface area contributed by atoms with E-state index >= 15 is 0 Å². The van der Waals surface area contributed by atoms with E-state index in [2.05, 4.69) is 48.8 Å². The minimum Gasteiger partial charge on any atom is -0.481 e. The molecule has 2 aliphatic rings. The molecule has 7 nitrogen and oxygen atoms in total. The van der Waals surface area contributed by atoms with Crippen LogP contribution in [0.5, 0.6) is 0 Å². The third-order valence-corrected chi connectivity index (χ3v) is 6.94. The van der Waals surface area contributed by atoms with Gasteiger partial charge in [-0.15, -0.1) is 0 Å².